The number of anilines is 1. The molecular formula is C15H18N2O2S2. The molecule has 0 amide bonds. The topological polar surface area (TPSA) is 51.2 Å². The van der Waals surface area contributed by atoms with Crippen molar-refractivity contribution in [3.63, 3.8) is 0 Å². The van der Waals surface area contributed by atoms with Crippen LogP contribution in [-0.4, -0.2) is 16.9 Å². The number of aromatic nitrogens is 1. The van der Waals surface area contributed by atoms with Crippen molar-refractivity contribution in [2.45, 2.75) is 39.2 Å². The van der Waals surface area contributed by atoms with Crippen molar-refractivity contribution in [3.8, 4) is 0 Å². The number of hydrogen-bond acceptors (Lipinski definition) is 6. The molecule has 1 aliphatic rings. The standard InChI is InChI=1S/C15H18N2O2S2/c1-3-19-15(18)13-9(2)17-21-14(13)16-11-5-4-6-12-10(11)7-8-20-12/h7-8,11,16H,3-6H2,1-2H3. The van der Waals surface area contributed by atoms with Gasteiger partial charge in [-0.05, 0) is 61.7 Å². The van der Waals surface area contributed by atoms with E-state index in [1.54, 1.807) is 0 Å². The Morgan fingerprint density at radius 1 is 1.57 bits per heavy atom. The van der Waals surface area contributed by atoms with Gasteiger partial charge in [0.05, 0.1) is 18.3 Å². The van der Waals surface area contributed by atoms with Gasteiger partial charge in [-0.3, -0.25) is 0 Å². The van der Waals surface area contributed by atoms with E-state index in [2.05, 4.69) is 21.1 Å². The van der Waals surface area contributed by atoms with E-state index in [9.17, 15) is 4.79 Å². The highest BCUT2D eigenvalue weighted by molar-refractivity contribution is 7.11. The van der Waals surface area contributed by atoms with E-state index in [1.165, 1.54) is 28.4 Å². The fourth-order valence-corrected chi connectivity index (χ4v) is 4.53. The van der Waals surface area contributed by atoms with Gasteiger partial charge in [-0.25, -0.2) is 4.79 Å². The average Bonchev–Trinajstić information content (AvgIpc) is 3.06. The highest BCUT2D eigenvalue weighted by atomic mass is 32.1. The number of thiophene rings is 1. The molecule has 0 saturated heterocycles. The van der Waals surface area contributed by atoms with Gasteiger partial charge in [0.1, 0.15) is 10.6 Å². The molecule has 1 unspecified atom stereocenters. The van der Waals surface area contributed by atoms with Crippen molar-refractivity contribution in [1.82, 2.24) is 4.37 Å². The molecule has 0 aromatic carbocycles. The summed E-state index contributed by atoms with van der Waals surface area (Å²) in [6, 6.07) is 2.46. The van der Waals surface area contributed by atoms with Crippen LogP contribution in [0.2, 0.25) is 0 Å². The predicted molar refractivity (Wildman–Crippen MR) is 86.4 cm³/mol. The zero-order chi connectivity index (χ0) is 14.8. The maximum atomic E-state index is 12.1. The Hall–Kier alpha value is -1.40. The summed E-state index contributed by atoms with van der Waals surface area (Å²) >= 11 is 3.16. The molecule has 2 aromatic rings. The number of nitrogens with one attached hydrogen (secondary N) is 1. The second-order valence-corrected chi connectivity index (χ2v) is 6.85. The molecule has 0 bridgehead atoms. The highest BCUT2D eigenvalue weighted by Gasteiger charge is 2.25. The van der Waals surface area contributed by atoms with Crippen molar-refractivity contribution in [3.05, 3.63) is 33.1 Å². The number of nitrogens with zero attached hydrogens (tertiary/aromatic N) is 1. The molecule has 21 heavy (non-hydrogen) atoms. The summed E-state index contributed by atoms with van der Waals surface area (Å²) in [5, 5.41) is 6.49. The molecule has 1 aliphatic carbocycles. The minimum atomic E-state index is -0.285. The van der Waals surface area contributed by atoms with Gasteiger partial charge in [-0.1, -0.05) is 0 Å². The van der Waals surface area contributed by atoms with Crippen molar-refractivity contribution in [2.75, 3.05) is 11.9 Å². The lowest BCUT2D eigenvalue weighted by Crippen LogP contribution is -2.17. The zero-order valence-corrected chi connectivity index (χ0v) is 13.8. The molecule has 0 saturated carbocycles. The van der Waals surface area contributed by atoms with Crippen LogP contribution in [0.25, 0.3) is 0 Å². The smallest absolute Gasteiger partial charge is 0.343 e. The molecule has 0 radical (unpaired) electrons. The summed E-state index contributed by atoms with van der Waals surface area (Å²) in [5.74, 6) is -0.285. The average molecular weight is 322 g/mol. The molecule has 2 aromatic heterocycles. The lowest BCUT2D eigenvalue weighted by Gasteiger charge is -2.24. The van der Waals surface area contributed by atoms with Gasteiger partial charge >= 0.3 is 5.97 Å². The summed E-state index contributed by atoms with van der Waals surface area (Å²) in [6.07, 6.45) is 3.43. The first-order valence-electron chi connectivity index (χ1n) is 7.17. The van der Waals surface area contributed by atoms with Crippen molar-refractivity contribution < 1.29 is 9.53 Å². The lowest BCUT2D eigenvalue weighted by molar-refractivity contribution is 0.0527. The van der Waals surface area contributed by atoms with E-state index < -0.39 is 0 Å². The SMILES string of the molecule is CCOC(=O)c1c(C)nsc1NC1CCCc2sccc21. The Bertz CT molecular complexity index is 648. The van der Waals surface area contributed by atoms with Crippen LogP contribution in [0.5, 0.6) is 0 Å². The number of rotatable bonds is 4. The fraction of sp³-hybridized carbons (Fsp3) is 0.467. The minimum Gasteiger partial charge on any atom is -0.462 e. The first-order chi connectivity index (χ1) is 10.2. The summed E-state index contributed by atoms with van der Waals surface area (Å²) in [6.45, 7) is 4.05. The van der Waals surface area contributed by atoms with E-state index in [0.717, 1.165) is 23.5 Å². The van der Waals surface area contributed by atoms with Crippen LogP contribution >= 0.6 is 22.9 Å². The highest BCUT2D eigenvalue weighted by Crippen LogP contribution is 2.37. The van der Waals surface area contributed by atoms with Gasteiger partial charge in [0.15, 0.2) is 0 Å². The van der Waals surface area contributed by atoms with E-state index in [1.807, 2.05) is 25.2 Å². The number of carbonyl (C=O) groups excluding carboxylic acids is 1. The second kappa shape index (κ2) is 6.15. The second-order valence-electron chi connectivity index (χ2n) is 5.08. The maximum Gasteiger partial charge on any atom is 0.343 e. The van der Waals surface area contributed by atoms with Crippen LogP contribution in [0.15, 0.2) is 11.4 Å². The van der Waals surface area contributed by atoms with E-state index >= 15 is 0 Å². The summed E-state index contributed by atoms with van der Waals surface area (Å²) in [4.78, 5) is 13.5. The first-order valence-corrected chi connectivity index (χ1v) is 8.82. The quantitative estimate of drug-likeness (QED) is 0.858. The minimum absolute atomic E-state index is 0.271. The Morgan fingerprint density at radius 3 is 3.24 bits per heavy atom. The van der Waals surface area contributed by atoms with Gasteiger partial charge in [-0.15, -0.1) is 11.3 Å². The molecule has 0 spiro atoms. The number of hydrogen-bond donors (Lipinski definition) is 1. The Kier molecular flexibility index (Phi) is 4.26. The number of aryl methyl sites for hydroxylation is 2. The Labute approximate surface area is 132 Å². The molecule has 3 rings (SSSR count). The van der Waals surface area contributed by atoms with E-state index in [0.29, 0.717) is 12.2 Å². The van der Waals surface area contributed by atoms with Gasteiger partial charge in [0.2, 0.25) is 0 Å². The number of carbonyl (C=O) groups is 1. The van der Waals surface area contributed by atoms with Crippen molar-refractivity contribution in [1.29, 1.82) is 0 Å². The molecule has 0 fully saturated rings. The molecule has 1 atom stereocenters. The lowest BCUT2D eigenvalue weighted by atomic mass is 9.94. The monoisotopic (exact) mass is 322 g/mol. The fourth-order valence-electron chi connectivity index (χ4n) is 2.71. The molecule has 4 nitrogen and oxygen atoms in total. The maximum absolute atomic E-state index is 12.1. The third-order valence-corrected chi connectivity index (χ3v) is 5.57. The van der Waals surface area contributed by atoms with Crippen molar-refractivity contribution in [2.24, 2.45) is 0 Å². The number of ether oxygens (including phenoxy) is 1. The van der Waals surface area contributed by atoms with E-state index in [-0.39, 0.29) is 12.0 Å². The zero-order valence-electron chi connectivity index (χ0n) is 12.1. The normalized spacial score (nSPS) is 17.3. The van der Waals surface area contributed by atoms with Crippen LogP contribution in [-0.2, 0) is 11.2 Å². The number of esters is 1. The van der Waals surface area contributed by atoms with Gasteiger partial charge in [0.25, 0.3) is 0 Å². The largest absolute Gasteiger partial charge is 0.462 e. The third kappa shape index (κ3) is 2.82. The molecule has 6 heteroatoms. The molecular weight excluding hydrogens is 304 g/mol. The molecule has 2 heterocycles. The predicted octanol–water partition coefficient (Wildman–Crippen LogP) is 4.18. The molecule has 0 aliphatic heterocycles. The van der Waals surface area contributed by atoms with Gasteiger partial charge in [-0.2, -0.15) is 4.37 Å². The van der Waals surface area contributed by atoms with Gasteiger partial charge < -0.3 is 10.1 Å². The summed E-state index contributed by atoms with van der Waals surface area (Å²) in [5.41, 5.74) is 2.69. The molecule has 1 N–H and O–H groups in total. The first kappa shape index (κ1) is 14.5. The Morgan fingerprint density at radius 2 is 2.43 bits per heavy atom. The van der Waals surface area contributed by atoms with Crippen molar-refractivity contribution >= 4 is 33.8 Å². The summed E-state index contributed by atoms with van der Waals surface area (Å²) in [7, 11) is 0. The summed E-state index contributed by atoms with van der Waals surface area (Å²) < 4.78 is 9.45. The van der Waals surface area contributed by atoms with Crippen LogP contribution in [0.4, 0.5) is 5.00 Å². The molecule has 112 valence electrons. The van der Waals surface area contributed by atoms with E-state index in [4.69, 9.17) is 4.74 Å². The van der Waals surface area contributed by atoms with Crippen LogP contribution < -0.4 is 5.32 Å². The number of fused-ring (bicyclic) bond motifs is 1. The third-order valence-electron chi connectivity index (χ3n) is 3.70. The van der Waals surface area contributed by atoms with Crippen LogP contribution in [0.3, 0.4) is 0 Å². The van der Waals surface area contributed by atoms with Gasteiger partial charge in [0, 0.05) is 4.88 Å². The Balaban J connectivity index is 1.85. The van der Waals surface area contributed by atoms with Crippen LogP contribution in [0, 0.1) is 6.92 Å². The van der Waals surface area contributed by atoms with Crippen LogP contribution in [0.1, 0.15) is 52.3 Å².